The van der Waals surface area contributed by atoms with Gasteiger partial charge in [-0.25, -0.2) is 9.59 Å². The summed E-state index contributed by atoms with van der Waals surface area (Å²) in [4.78, 5) is 23.8. The minimum atomic E-state index is -5.07. The Morgan fingerprint density at radius 3 is 2.19 bits per heavy atom. The van der Waals surface area contributed by atoms with E-state index in [-0.39, 0.29) is 5.92 Å². The zero-order valence-corrected chi connectivity index (χ0v) is 12.2. The largest absolute Gasteiger partial charge is 0.479 e. The molecular formula is C13H21F3N2O3. The third-order valence-electron chi connectivity index (χ3n) is 3.96. The van der Waals surface area contributed by atoms with E-state index in [2.05, 4.69) is 0 Å². The lowest BCUT2D eigenvalue weighted by Crippen LogP contribution is -2.63. The molecule has 0 heterocycles. The van der Waals surface area contributed by atoms with Crippen LogP contribution in [0.25, 0.3) is 0 Å². The van der Waals surface area contributed by atoms with E-state index in [1.165, 1.54) is 7.05 Å². The van der Waals surface area contributed by atoms with E-state index in [1.807, 2.05) is 0 Å². The van der Waals surface area contributed by atoms with Crippen LogP contribution < -0.4 is 5.32 Å². The minimum Gasteiger partial charge on any atom is -0.479 e. The van der Waals surface area contributed by atoms with Crippen LogP contribution >= 0.6 is 0 Å². The summed E-state index contributed by atoms with van der Waals surface area (Å²) >= 11 is 0. The number of carbonyl (C=O) groups excluding carboxylic acids is 1. The van der Waals surface area contributed by atoms with Gasteiger partial charge in [0.15, 0.2) is 0 Å². The zero-order valence-electron chi connectivity index (χ0n) is 12.2. The molecule has 1 aliphatic rings. The monoisotopic (exact) mass is 310 g/mol. The van der Waals surface area contributed by atoms with Gasteiger partial charge >= 0.3 is 18.2 Å². The van der Waals surface area contributed by atoms with Gasteiger partial charge in [-0.15, -0.1) is 0 Å². The number of urea groups is 1. The fraction of sp³-hybridized carbons (Fsp3) is 0.846. The molecule has 0 aromatic heterocycles. The van der Waals surface area contributed by atoms with Gasteiger partial charge < -0.3 is 15.3 Å². The maximum atomic E-state index is 12.8. The Labute approximate surface area is 121 Å². The maximum absolute atomic E-state index is 12.8. The Kier molecular flexibility index (Phi) is 5.47. The van der Waals surface area contributed by atoms with E-state index in [9.17, 15) is 22.8 Å². The van der Waals surface area contributed by atoms with Crippen LogP contribution in [0.15, 0.2) is 0 Å². The molecule has 5 nitrogen and oxygen atoms in total. The number of carbonyl (C=O) groups is 2. The van der Waals surface area contributed by atoms with E-state index in [0.29, 0.717) is 13.5 Å². The molecule has 1 rings (SSSR count). The third-order valence-corrected chi connectivity index (χ3v) is 3.96. The van der Waals surface area contributed by atoms with Gasteiger partial charge in [-0.05, 0) is 25.7 Å². The first kappa shape index (κ1) is 17.6. The van der Waals surface area contributed by atoms with Gasteiger partial charge in [-0.3, -0.25) is 0 Å². The molecule has 2 N–H and O–H groups in total. The van der Waals surface area contributed by atoms with E-state index in [4.69, 9.17) is 5.11 Å². The number of halogens is 3. The molecule has 1 fully saturated rings. The van der Waals surface area contributed by atoms with Crippen molar-refractivity contribution in [2.45, 2.75) is 50.7 Å². The summed E-state index contributed by atoms with van der Waals surface area (Å²) in [7, 11) is 1.38. The molecule has 0 spiro atoms. The molecule has 122 valence electrons. The van der Waals surface area contributed by atoms with Crippen LogP contribution in [0.3, 0.4) is 0 Å². The molecule has 21 heavy (non-hydrogen) atoms. The van der Waals surface area contributed by atoms with Gasteiger partial charge in [0.25, 0.3) is 0 Å². The van der Waals surface area contributed by atoms with Crippen molar-refractivity contribution >= 4 is 12.0 Å². The average Bonchev–Trinajstić information content (AvgIpc) is 2.38. The second-order valence-electron chi connectivity index (χ2n) is 5.74. The molecular weight excluding hydrogens is 289 g/mol. The number of aliphatic carboxylic acids is 1. The number of hydrogen-bond donors (Lipinski definition) is 2. The van der Waals surface area contributed by atoms with E-state index in [0.717, 1.165) is 37.0 Å². The molecule has 2 amide bonds. The van der Waals surface area contributed by atoms with E-state index < -0.39 is 23.7 Å². The van der Waals surface area contributed by atoms with Crippen LogP contribution in [0.5, 0.6) is 0 Å². The quantitative estimate of drug-likeness (QED) is 0.838. The van der Waals surface area contributed by atoms with E-state index >= 15 is 0 Å². The summed E-state index contributed by atoms with van der Waals surface area (Å²) in [5, 5.41) is 10.4. The van der Waals surface area contributed by atoms with Gasteiger partial charge in [-0.1, -0.05) is 19.3 Å². The predicted octanol–water partition coefficient (Wildman–Crippen LogP) is 2.61. The summed E-state index contributed by atoms with van der Waals surface area (Å²) in [6, 6.07) is -1.03. The first-order valence-electron chi connectivity index (χ1n) is 6.91. The molecule has 0 aliphatic heterocycles. The van der Waals surface area contributed by atoms with Crippen LogP contribution in [0.2, 0.25) is 0 Å². The summed E-state index contributed by atoms with van der Waals surface area (Å²) < 4.78 is 38.5. The van der Waals surface area contributed by atoms with Gasteiger partial charge in [0.1, 0.15) is 0 Å². The van der Waals surface area contributed by atoms with Crippen LogP contribution in [0, 0.1) is 5.92 Å². The molecule has 0 saturated heterocycles. The smallest absolute Gasteiger partial charge is 0.422 e. The highest BCUT2D eigenvalue weighted by Gasteiger charge is 2.58. The van der Waals surface area contributed by atoms with Crippen molar-refractivity contribution in [1.82, 2.24) is 10.2 Å². The lowest BCUT2D eigenvalue weighted by Gasteiger charge is -2.32. The topological polar surface area (TPSA) is 69.6 Å². The second-order valence-corrected chi connectivity index (χ2v) is 5.74. The van der Waals surface area contributed by atoms with Gasteiger partial charge in [0.05, 0.1) is 0 Å². The van der Waals surface area contributed by atoms with Crippen LogP contribution in [0.1, 0.15) is 39.0 Å². The molecule has 0 aromatic carbocycles. The maximum Gasteiger partial charge on any atom is 0.422 e. The van der Waals surface area contributed by atoms with Crippen molar-refractivity contribution in [2.24, 2.45) is 5.92 Å². The van der Waals surface area contributed by atoms with Gasteiger partial charge in [0.2, 0.25) is 5.54 Å². The zero-order chi connectivity index (χ0) is 16.3. The number of hydrogen-bond acceptors (Lipinski definition) is 2. The Morgan fingerprint density at radius 1 is 1.24 bits per heavy atom. The Hall–Kier alpha value is -1.47. The van der Waals surface area contributed by atoms with Crippen molar-refractivity contribution in [3.63, 3.8) is 0 Å². The van der Waals surface area contributed by atoms with Crippen molar-refractivity contribution in [1.29, 1.82) is 0 Å². The number of rotatable bonds is 4. The van der Waals surface area contributed by atoms with Crippen LogP contribution in [-0.4, -0.2) is 47.3 Å². The third kappa shape index (κ3) is 4.25. The number of carboxylic acids is 1. The highest BCUT2D eigenvalue weighted by atomic mass is 19.4. The van der Waals surface area contributed by atoms with Crippen LogP contribution in [0.4, 0.5) is 18.0 Å². The number of nitrogens with zero attached hydrogens (tertiary/aromatic N) is 1. The number of alkyl halides is 3. The molecule has 1 unspecified atom stereocenters. The van der Waals surface area contributed by atoms with E-state index in [1.54, 1.807) is 5.32 Å². The molecule has 0 bridgehead atoms. The Balaban J connectivity index is 2.66. The first-order valence-corrected chi connectivity index (χ1v) is 6.91. The number of amides is 2. The molecule has 8 heteroatoms. The summed E-state index contributed by atoms with van der Waals surface area (Å²) in [5.74, 6) is -1.87. The lowest BCUT2D eigenvalue weighted by atomic mass is 9.89. The fourth-order valence-electron chi connectivity index (χ4n) is 2.39. The Bertz CT molecular complexity index is 395. The van der Waals surface area contributed by atoms with Crippen molar-refractivity contribution < 1.29 is 27.9 Å². The highest BCUT2D eigenvalue weighted by molar-refractivity contribution is 5.86. The SMILES string of the molecule is CN(CC1CCCCC1)C(=O)NC(C)(C(=O)O)C(F)(F)F. The number of carboxylic acid groups (broad SMARTS) is 1. The predicted molar refractivity (Wildman–Crippen MR) is 69.8 cm³/mol. The lowest BCUT2D eigenvalue weighted by molar-refractivity contribution is -0.203. The minimum absolute atomic E-state index is 0.261. The molecule has 1 atom stereocenters. The standard InChI is InChI=1S/C13H21F3N2O3/c1-12(10(19)20,13(14,15)16)17-11(21)18(2)8-9-6-4-3-5-7-9/h9H,3-8H2,1-2H3,(H,17,21)(H,19,20). The number of nitrogens with one attached hydrogen (secondary N) is 1. The van der Waals surface area contributed by atoms with Crippen molar-refractivity contribution in [3.05, 3.63) is 0 Å². The Morgan fingerprint density at radius 2 is 1.76 bits per heavy atom. The molecule has 1 aliphatic carbocycles. The summed E-state index contributed by atoms with van der Waals surface area (Å²) in [6.07, 6.45) is 0.0446. The normalized spacial score (nSPS) is 19.7. The highest BCUT2D eigenvalue weighted by Crippen LogP contribution is 2.31. The van der Waals surface area contributed by atoms with Gasteiger partial charge in [0, 0.05) is 13.6 Å². The van der Waals surface area contributed by atoms with Crippen LogP contribution in [-0.2, 0) is 4.79 Å². The van der Waals surface area contributed by atoms with Crippen molar-refractivity contribution in [2.75, 3.05) is 13.6 Å². The summed E-state index contributed by atoms with van der Waals surface area (Å²) in [5.41, 5.74) is -3.29. The molecule has 0 radical (unpaired) electrons. The second kappa shape index (κ2) is 6.53. The first-order chi connectivity index (χ1) is 9.58. The fourth-order valence-corrected chi connectivity index (χ4v) is 2.39. The van der Waals surface area contributed by atoms with Crippen molar-refractivity contribution in [3.8, 4) is 0 Å². The summed E-state index contributed by atoms with van der Waals surface area (Å²) in [6.45, 7) is 0.779. The van der Waals surface area contributed by atoms with Gasteiger partial charge in [-0.2, -0.15) is 13.2 Å². The average molecular weight is 310 g/mol. The molecule has 1 saturated carbocycles. The molecule has 0 aromatic rings.